The van der Waals surface area contributed by atoms with Gasteiger partial charge in [-0.3, -0.25) is 4.79 Å². The predicted molar refractivity (Wildman–Crippen MR) is 59.2 cm³/mol. The highest BCUT2D eigenvalue weighted by Gasteiger charge is 2.02. The van der Waals surface area contributed by atoms with Crippen LogP contribution in [0, 0.1) is 0 Å². The van der Waals surface area contributed by atoms with Crippen molar-refractivity contribution in [3.05, 3.63) is 24.3 Å². The fourth-order valence-corrected chi connectivity index (χ4v) is 1.49. The zero-order valence-corrected chi connectivity index (χ0v) is 8.63. The van der Waals surface area contributed by atoms with Crippen LogP contribution in [0.4, 0.5) is 5.82 Å². The fourth-order valence-electron chi connectivity index (χ4n) is 1.49. The molecule has 1 aromatic heterocycles. The Bertz CT molecular complexity index is 502. The Hall–Kier alpha value is -1.97. The molecule has 2 N–H and O–H groups in total. The minimum Gasteiger partial charge on any atom is -0.497 e. The summed E-state index contributed by atoms with van der Waals surface area (Å²) >= 11 is 0. The number of rotatable bonds is 2. The van der Waals surface area contributed by atoms with Gasteiger partial charge in [0.2, 0.25) is 5.91 Å². The van der Waals surface area contributed by atoms with Crippen LogP contribution in [0.5, 0.6) is 5.75 Å². The van der Waals surface area contributed by atoms with Crippen molar-refractivity contribution in [1.82, 2.24) is 4.98 Å². The van der Waals surface area contributed by atoms with Gasteiger partial charge in [-0.05, 0) is 24.3 Å². The number of benzene rings is 1. The molecule has 2 rings (SSSR count). The Morgan fingerprint density at radius 1 is 1.40 bits per heavy atom. The molecule has 1 aromatic carbocycles. The van der Waals surface area contributed by atoms with E-state index in [1.54, 1.807) is 7.11 Å². The average Bonchev–Trinajstić information content (AvgIpc) is 2.57. The molecule has 4 nitrogen and oxygen atoms in total. The van der Waals surface area contributed by atoms with Crippen LogP contribution in [0.15, 0.2) is 24.3 Å². The fraction of sp³-hybridized carbons (Fsp3) is 0.182. The zero-order valence-electron chi connectivity index (χ0n) is 8.63. The number of aromatic nitrogens is 1. The summed E-state index contributed by atoms with van der Waals surface area (Å²) in [5.41, 5.74) is 0.972. The van der Waals surface area contributed by atoms with E-state index in [2.05, 4.69) is 10.3 Å². The highest BCUT2D eigenvalue weighted by molar-refractivity contribution is 5.93. The van der Waals surface area contributed by atoms with Crippen LogP contribution in [0.25, 0.3) is 10.9 Å². The number of nitrogens with one attached hydrogen (secondary N) is 2. The monoisotopic (exact) mass is 204 g/mol. The van der Waals surface area contributed by atoms with Gasteiger partial charge in [-0.1, -0.05) is 0 Å². The number of hydrogen-bond acceptors (Lipinski definition) is 2. The molecule has 0 fully saturated rings. The number of hydrogen-bond donors (Lipinski definition) is 2. The molecule has 0 saturated heterocycles. The molecule has 0 unspecified atom stereocenters. The Balaban J connectivity index is 2.42. The molecule has 15 heavy (non-hydrogen) atoms. The van der Waals surface area contributed by atoms with Gasteiger partial charge in [0.05, 0.1) is 7.11 Å². The maximum Gasteiger partial charge on any atom is 0.222 e. The molecule has 4 heteroatoms. The minimum atomic E-state index is -0.0893. The molecule has 0 aliphatic carbocycles. The van der Waals surface area contributed by atoms with Crippen molar-refractivity contribution < 1.29 is 9.53 Å². The molecule has 0 atom stereocenters. The molecule has 0 aliphatic heterocycles. The number of anilines is 1. The lowest BCUT2D eigenvalue weighted by molar-refractivity contribution is -0.114. The first-order valence-electron chi connectivity index (χ1n) is 4.63. The summed E-state index contributed by atoms with van der Waals surface area (Å²) in [6.45, 7) is 1.48. The van der Waals surface area contributed by atoms with Crippen LogP contribution in [-0.4, -0.2) is 18.0 Å². The third-order valence-electron chi connectivity index (χ3n) is 2.14. The topological polar surface area (TPSA) is 54.1 Å². The lowest BCUT2D eigenvalue weighted by atomic mass is 10.2. The van der Waals surface area contributed by atoms with E-state index < -0.39 is 0 Å². The van der Waals surface area contributed by atoms with Crippen molar-refractivity contribution in [2.24, 2.45) is 0 Å². The Kier molecular flexibility index (Phi) is 2.33. The summed E-state index contributed by atoms with van der Waals surface area (Å²) in [5, 5.41) is 3.71. The van der Waals surface area contributed by atoms with Gasteiger partial charge in [-0.25, -0.2) is 0 Å². The molecule has 0 aliphatic rings. The van der Waals surface area contributed by atoms with Gasteiger partial charge < -0.3 is 15.0 Å². The normalized spacial score (nSPS) is 10.3. The van der Waals surface area contributed by atoms with Crippen LogP contribution in [0.3, 0.4) is 0 Å². The smallest absolute Gasteiger partial charge is 0.222 e. The maximum atomic E-state index is 10.9. The third kappa shape index (κ3) is 1.93. The van der Waals surface area contributed by atoms with E-state index in [0.717, 1.165) is 16.7 Å². The largest absolute Gasteiger partial charge is 0.497 e. The molecule has 0 spiro atoms. The molecule has 2 aromatic rings. The van der Waals surface area contributed by atoms with Gasteiger partial charge in [-0.15, -0.1) is 0 Å². The standard InChI is InChI=1S/C11H12N2O2/c1-7(14)12-11-6-8-5-9(15-2)3-4-10(8)13-11/h3-6,13H,1-2H3,(H,12,14). The van der Waals surface area contributed by atoms with Crippen molar-refractivity contribution in [1.29, 1.82) is 0 Å². The minimum absolute atomic E-state index is 0.0893. The summed E-state index contributed by atoms with van der Waals surface area (Å²) in [6, 6.07) is 7.58. The summed E-state index contributed by atoms with van der Waals surface area (Å²) in [4.78, 5) is 13.9. The predicted octanol–water partition coefficient (Wildman–Crippen LogP) is 2.13. The Labute approximate surface area is 87.2 Å². The number of H-pyrrole nitrogens is 1. The van der Waals surface area contributed by atoms with Crippen molar-refractivity contribution in [2.45, 2.75) is 6.92 Å². The summed E-state index contributed by atoms with van der Waals surface area (Å²) in [5.74, 6) is 1.41. The average molecular weight is 204 g/mol. The summed E-state index contributed by atoms with van der Waals surface area (Å²) in [7, 11) is 1.63. The SMILES string of the molecule is COc1ccc2[nH]c(NC(C)=O)cc2c1. The summed E-state index contributed by atoms with van der Waals surface area (Å²) < 4.78 is 5.11. The van der Waals surface area contributed by atoms with Gasteiger partial charge in [-0.2, -0.15) is 0 Å². The number of carbonyl (C=O) groups is 1. The Morgan fingerprint density at radius 3 is 2.87 bits per heavy atom. The first-order valence-corrected chi connectivity index (χ1v) is 4.63. The van der Waals surface area contributed by atoms with E-state index in [1.165, 1.54) is 6.92 Å². The maximum absolute atomic E-state index is 10.9. The van der Waals surface area contributed by atoms with Crippen LogP contribution < -0.4 is 10.1 Å². The van der Waals surface area contributed by atoms with Gasteiger partial charge in [0, 0.05) is 17.8 Å². The van der Waals surface area contributed by atoms with E-state index in [9.17, 15) is 4.79 Å². The lowest BCUT2D eigenvalue weighted by Crippen LogP contribution is -2.05. The van der Waals surface area contributed by atoms with Gasteiger partial charge in [0.1, 0.15) is 11.6 Å². The van der Waals surface area contributed by atoms with Crippen molar-refractivity contribution in [3.63, 3.8) is 0 Å². The van der Waals surface area contributed by atoms with Crippen LogP contribution in [0.1, 0.15) is 6.92 Å². The summed E-state index contributed by atoms with van der Waals surface area (Å²) in [6.07, 6.45) is 0. The molecule has 1 amide bonds. The van der Waals surface area contributed by atoms with Gasteiger partial charge in [0.15, 0.2) is 0 Å². The van der Waals surface area contributed by atoms with Crippen LogP contribution in [-0.2, 0) is 4.79 Å². The Morgan fingerprint density at radius 2 is 2.20 bits per heavy atom. The first kappa shape index (κ1) is 9.58. The van der Waals surface area contributed by atoms with Gasteiger partial charge >= 0.3 is 0 Å². The molecule has 0 radical (unpaired) electrons. The zero-order chi connectivity index (χ0) is 10.8. The number of carbonyl (C=O) groups excluding carboxylic acids is 1. The number of amides is 1. The highest BCUT2D eigenvalue weighted by Crippen LogP contribution is 2.23. The van der Waals surface area contributed by atoms with Gasteiger partial charge in [0.25, 0.3) is 0 Å². The highest BCUT2D eigenvalue weighted by atomic mass is 16.5. The van der Waals surface area contributed by atoms with E-state index in [1.807, 2.05) is 24.3 Å². The number of methoxy groups -OCH3 is 1. The first-order chi connectivity index (χ1) is 7.19. The van der Waals surface area contributed by atoms with E-state index in [4.69, 9.17) is 4.74 Å². The lowest BCUT2D eigenvalue weighted by Gasteiger charge is -1.97. The molecular weight excluding hydrogens is 192 g/mol. The van der Waals surface area contributed by atoms with E-state index in [-0.39, 0.29) is 5.91 Å². The third-order valence-corrected chi connectivity index (χ3v) is 2.14. The molecule has 0 bridgehead atoms. The second-order valence-corrected chi connectivity index (χ2v) is 3.32. The van der Waals surface area contributed by atoms with E-state index >= 15 is 0 Å². The molecule has 0 saturated carbocycles. The number of fused-ring (bicyclic) bond motifs is 1. The molecule has 78 valence electrons. The van der Waals surface area contributed by atoms with Crippen LogP contribution in [0.2, 0.25) is 0 Å². The van der Waals surface area contributed by atoms with E-state index in [0.29, 0.717) is 5.82 Å². The quantitative estimate of drug-likeness (QED) is 0.787. The van der Waals surface area contributed by atoms with Crippen molar-refractivity contribution >= 4 is 22.6 Å². The van der Waals surface area contributed by atoms with Crippen molar-refractivity contribution in [3.8, 4) is 5.75 Å². The molecule has 1 heterocycles. The number of aromatic amines is 1. The second kappa shape index (κ2) is 3.65. The molecular formula is C11H12N2O2. The van der Waals surface area contributed by atoms with Crippen molar-refractivity contribution in [2.75, 3.05) is 12.4 Å². The second-order valence-electron chi connectivity index (χ2n) is 3.32. The van der Waals surface area contributed by atoms with Crippen LogP contribution >= 0.6 is 0 Å². The number of ether oxygens (including phenoxy) is 1.